The van der Waals surface area contributed by atoms with Gasteiger partial charge in [-0.3, -0.25) is 9.69 Å². The Morgan fingerprint density at radius 3 is 2.50 bits per heavy atom. The van der Waals surface area contributed by atoms with E-state index in [4.69, 9.17) is 10.3 Å². The highest BCUT2D eigenvalue weighted by molar-refractivity contribution is 6.01. The van der Waals surface area contributed by atoms with Gasteiger partial charge in [0.15, 0.2) is 11.5 Å². The van der Waals surface area contributed by atoms with Crippen molar-refractivity contribution in [2.75, 3.05) is 6.54 Å². The summed E-state index contributed by atoms with van der Waals surface area (Å²) in [6.45, 7) is 10.1. The first-order valence-corrected chi connectivity index (χ1v) is 10.9. The second-order valence-electron chi connectivity index (χ2n) is 8.98. The van der Waals surface area contributed by atoms with Crippen molar-refractivity contribution in [2.45, 2.75) is 52.6 Å². The monoisotopic (exact) mass is 435 g/mol. The van der Waals surface area contributed by atoms with E-state index in [1.165, 1.54) is 17.2 Å². The number of hydrogen-bond acceptors (Lipinski definition) is 6. The molecule has 4 N–H and O–H groups in total. The quantitative estimate of drug-likeness (QED) is 0.547. The van der Waals surface area contributed by atoms with Crippen LogP contribution in [0.15, 0.2) is 34.9 Å². The predicted octanol–water partition coefficient (Wildman–Crippen LogP) is 4.41. The van der Waals surface area contributed by atoms with E-state index in [-0.39, 0.29) is 28.9 Å². The molecule has 4 rings (SSSR count). The molecule has 1 amide bonds. The molecule has 3 aromatic rings. The molecule has 1 aromatic heterocycles. The van der Waals surface area contributed by atoms with Gasteiger partial charge in [-0.05, 0) is 54.5 Å². The molecule has 0 saturated heterocycles. The number of benzene rings is 2. The third kappa shape index (κ3) is 3.84. The molecule has 0 unspecified atom stereocenters. The van der Waals surface area contributed by atoms with Gasteiger partial charge in [-0.25, -0.2) is 0 Å². The summed E-state index contributed by atoms with van der Waals surface area (Å²) in [5.74, 6) is -0.602. The van der Waals surface area contributed by atoms with Crippen LogP contribution in [0.5, 0.6) is 11.5 Å². The molecule has 0 bridgehead atoms. The predicted molar refractivity (Wildman–Crippen MR) is 123 cm³/mol. The van der Waals surface area contributed by atoms with Crippen LogP contribution < -0.4 is 5.73 Å². The molecule has 32 heavy (non-hydrogen) atoms. The Morgan fingerprint density at radius 2 is 1.84 bits per heavy atom. The van der Waals surface area contributed by atoms with Crippen LogP contribution >= 0.6 is 0 Å². The molecule has 0 fully saturated rings. The summed E-state index contributed by atoms with van der Waals surface area (Å²) in [5, 5.41) is 24.7. The van der Waals surface area contributed by atoms with Gasteiger partial charge in [0.2, 0.25) is 0 Å². The van der Waals surface area contributed by atoms with Crippen molar-refractivity contribution in [2.24, 2.45) is 5.73 Å². The molecular formula is C25H29N3O4. The number of phenolic OH excluding ortho intramolecular Hbond substituents is 2. The number of nitrogens with zero attached hydrogens (tertiary/aromatic N) is 2. The fourth-order valence-electron chi connectivity index (χ4n) is 4.32. The van der Waals surface area contributed by atoms with Gasteiger partial charge in [0.25, 0.3) is 5.91 Å². The first-order chi connectivity index (χ1) is 15.2. The highest BCUT2D eigenvalue weighted by Gasteiger charge is 2.27. The van der Waals surface area contributed by atoms with Crippen molar-refractivity contribution in [3.8, 4) is 33.9 Å². The first-order valence-electron chi connectivity index (χ1n) is 10.9. The van der Waals surface area contributed by atoms with Gasteiger partial charge in [0.1, 0.15) is 11.5 Å². The molecule has 2 aromatic carbocycles. The number of nitrogens with two attached hydrogens (primary N) is 1. The Labute approximate surface area is 187 Å². The molecule has 7 heteroatoms. The standard InChI is InChI=1S/C25H29N3O4/c1-13(2)18-10-19(21(30)11-20(18)29)24-22(23(25(26)31)27-32-24)16-5-6-17-12-28(14(3)4)8-7-15(17)9-16/h5-6,9-11,13-14,29-30H,7-8,12H2,1-4H3,(H2,26,31). The number of hydrogen-bond donors (Lipinski definition) is 3. The van der Waals surface area contributed by atoms with E-state index in [0.717, 1.165) is 25.1 Å². The maximum absolute atomic E-state index is 12.2. The minimum Gasteiger partial charge on any atom is -0.508 e. The fraction of sp³-hybridized carbons (Fsp3) is 0.360. The van der Waals surface area contributed by atoms with E-state index >= 15 is 0 Å². The Balaban J connectivity index is 1.86. The number of carbonyl (C=O) groups is 1. The van der Waals surface area contributed by atoms with Gasteiger partial charge >= 0.3 is 0 Å². The van der Waals surface area contributed by atoms with Crippen molar-refractivity contribution in [1.82, 2.24) is 10.1 Å². The van der Waals surface area contributed by atoms with E-state index in [2.05, 4.69) is 36.0 Å². The third-order valence-corrected chi connectivity index (χ3v) is 6.20. The number of carbonyl (C=O) groups excluding carboxylic acids is 1. The van der Waals surface area contributed by atoms with Gasteiger partial charge in [-0.2, -0.15) is 0 Å². The minimum atomic E-state index is -0.707. The van der Waals surface area contributed by atoms with Crippen LogP contribution in [0, 0.1) is 0 Å². The molecule has 0 radical (unpaired) electrons. The number of primary amides is 1. The number of rotatable bonds is 5. The molecule has 0 atom stereocenters. The number of aromatic hydroxyl groups is 2. The second kappa shape index (κ2) is 8.31. The summed E-state index contributed by atoms with van der Waals surface area (Å²) in [5.41, 5.74) is 10.3. The Bertz CT molecular complexity index is 1180. The minimum absolute atomic E-state index is 0.000859. The normalized spacial score (nSPS) is 14.2. The van der Waals surface area contributed by atoms with E-state index in [9.17, 15) is 15.0 Å². The molecule has 1 aliphatic heterocycles. The van der Waals surface area contributed by atoms with Crippen LogP contribution in [-0.2, 0) is 13.0 Å². The van der Waals surface area contributed by atoms with Crippen molar-refractivity contribution < 1.29 is 19.5 Å². The lowest BCUT2D eigenvalue weighted by Gasteiger charge is -2.32. The highest BCUT2D eigenvalue weighted by Crippen LogP contribution is 2.43. The fourth-order valence-corrected chi connectivity index (χ4v) is 4.32. The van der Waals surface area contributed by atoms with Crippen LogP contribution in [0.3, 0.4) is 0 Å². The van der Waals surface area contributed by atoms with Gasteiger partial charge in [-0.15, -0.1) is 0 Å². The molecule has 0 saturated carbocycles. The van der Waals surface area contributed by atoms with E-state index < -0.39 is 5.91 Å². The summed E-state index contributed by atoms with van der Waals surface area (Å²) in [7, 11) is 0. The molecule has 2 heterocycles. The lowest BCUT2D eigenvalue weighted by atomic mass is 9.91. The average molecular weight is 436 g/mol. The second-order valence-corrected chi connectivity index (χ2v) is 8.98. The summed E-state index contributed by atoms with van der Waals surface area (Å²) >= 11 is 0. The summed E-state index contributed by atoms with van der Waals surface area (Å²) in [4.78, 5) is 14.6. The largest absolute Gasteiger partial charge is 0.508 e. The maximum Gasteiger partial charge on any atom is 0.271 e. The number of phenols is 2. The van der Waals surface area contributed by atoms with Crippen LogP contribution in [-0.4, -0.2) is 38.8 Å². The van der Waals surface area contributed by atoms with E-state index in [1.807, 2.05) is 19.9 Å². The number of fused-ring (bicyclic) bond motifs is 1. The van der Waals surface area contributed by atoms with Crippen molar-refractivity contribution in [1.29, 1.82) is 0 Å². The van der Waals surface area contributed by atoms with Crippen molar-refractivity contribution in [3.05, 3.63) is 52.7 Å². The van der Waals surface area contributed by atoms with E-state index in [0.29, 0.717) is 22.7 Å². The highest BCUT2D eigenvalue weighted by atomic mass is 16.5. The molecule has 1 aliphatic rings. The lowest BCUT2D eigenvalue weighted by Crippen LogP contribution is -2.35. The summed E-state index contributed by atoms with van der Waals surface area (Å²) in [6.07, 6.45) is 0.899. The summed E-state index contributed by atoms with van der Waals surface area (Å²) in [6, 6.07) is 9.48. The van der Waals surface area contributed by atoms with Gasteiger partial charge in [-0.1, -0.05) is 37.2 Å². The van der Waals surface area contributed by atoms with Gasteiger partial charge < -0.3 is 20.5 Å². The summed E-state index contributed by atoms with van der Waals surface area (Å²) < 4.78 is 5.54. The lowest BCUT2D eigenvalue weighted by molar-refractivity contribution is 0.0992. The van der Waals surface area contributed by atoms with Crippen LogP contribution in [0.1, 0.15) is 60.8 Å². The zero-order valence-electron chi connectivity index (χ0n) is 18.8. The number of aromatic nitrogens is 1. The smallest absolute Gasteiger partial charge is 0.271 e. The topological polar surface area (TPSA) is 113 Å². The molecule has 0 aliphatic carbocycles. The molecule has 7 nitrogen and oxygen atoms in total. The van der Waals surface area contributed by atoms with Gasteiger partial charge in [0.05, 0.1) is 11.1 Å². The molecule has 168 valence electrons. The van der Waals surface area contributed by atoms with Crippen molar-refractivity contribution in [3.63, 3.8) is 0 Å². The maximum atomic E-state index is 12.2. The van der Waals surface area contributed by atoms with Gasteiger partial charge in [0, 0.05) is 25.2 Å². The molecular weight excluding hydrogens is 406 g/mol. The van der Waals surface area contributed by atoms with Crippen LogP contribution in [0.25, 0.3) is 22.5 Å². The Kier molecular flexibility index (Phi) is 5.69. The number of amides is 1. The Hall–Kier alpha value is -3.32. The molecule has 0 spiro atoms. The average Bonchev–Trinajstić information content (AvgIpc) is 3.17. The SMILES string of the molecule is CC(C)c1cc(-c2onc(C(N)=O)c2-c2ccc3c(c2)CCN(C(C)C)C3)c(O)cc1O. The van der Waals surface area contributed by atoms with Crippen LogP contribution in [0.4, 0.5) is 0 Å². The third-order valence-electron chi connectivity index (χ3n) is 6.20. The van der Waals surface area contributed by atoms with E-state index in [1.54, 1.807) is 6.07 Å². The zero-order valence-corrected chi connectivity index (χ0v) is 18.8. The first kappa shape index (κ1) is 21.9. The Morgan fingerprint density at radius 1 is 1.09 bits per heavy atom. The van der Waals surface area contributed by atoms with Crippen LogP contribution in [0.2, 0.25) is 0 Å². The zero-order chi connectivity index (χ0) is 23.2. The van der Waals surface area contributed by atoms with Crippen molar-refractivity contribution >= 4 is 5.91 Å².